The number of aromatic nitrogens is 2. The highest BCUT2D eigenvalue weighted by atomic mass is 35.5. The van der Waals surface area contributed by atoms with Crippen molar-refractivity contribution < 1.29 is 4.74 Å². The van der Waals surface area contributed by atoms with Crippen LogP contribution in [0.3, 0.4) is 0 Å². The van der Waals surface area contributed by atoms with Crippen LogP contribution in [0, 0.1) is 0 Å². The van der Waals surface area contributed by atoms with E-state index < -0.39 is 0 Å². The van der Waals surface area contributed by atoms with Gasteiger partial charge in [0.15, 0.2) is 0 Å². The minimum atomic E-state index is 0. The number of nitrogens with zero attached hydrogens (tertiary/aromatic N) is 3. The Morgan fingerprint density at radius 3 is 2.61 bits per heavy atom. The van der Waals surface area contributed by atoms with Gasteiger partial charge in [0, 0.05) is 24.3 Å². The molecule has 0 atom stereocenters. The molecule has 1 aromatic carbocycles. The van der Waals surface area contributed by atoms with Crippen molar-refractivity contribution >= 4 is 35.6 Å². The third-order valence-electron chi connectivity index (χ3n) is 4.04. The van der Waals surface area contributed by atoms with Crippen LogP contribution in [0.1, 0.15) is 16.7 Å². The Morgan fingerprint density at radius 1 is 1.17 bits per heavy atom. The molecule has 0 radical (unpaired) electrons. The Balaban J connectivity index is 0.00000192. The number of likely N-dealkylation sites (N-methyl/N-ethyl adjacent to an activating group) is 1. The normalized spacial score (nSPS) is 14.9. The zero-order valence-corrected chi connectivity index (χ0v) is 15.3. The molecule has 23 heavy (non-hydrogen) atoms. The van der Waals surface area contributed by atoms with E-state index in [1.165, 1.54) is 16.7 Å². The fourth-order valence-corrected chi connectivity index (χ4v) is 3.23. The Labute approximate surface area is 152 Å². The molecule has 7 heteroatoms. The molecule has 0 aliphatic carbocycles. The lowest BCUT2D eigenvalue weighted by molar-refractivity contribution is 0.0557. The maximum absolute atomic E-state index is 6.38. The minimum absolute atomic E-state index is 0. The number of hydrogen-bond donors (Lipinski definition) is 0. The molecule has 0 saturated heterocycles. The van der Waals surface area contributed by atoms with E-state index in [1.807, 2.05) is 6.07 Å². The van der Waals surface area contributed by atoms with Gasteiger partial charge in [-0.1, -0.05) is 29.3 Å². The highest BCUT2D eigenvalue weighted by Crippen LogP contribution is 2.27. The van der Waals surface area contributed by atoms with Crippen LogP contribution in [0.25, 0.3) is 0 Å². The Bertz CT molecular complexity index is 660. The summed E-state index contributed by atoms with van der Waals surface area (Å²) in [6, 6.07) is 4.05. The summed E-state index contributed by atoms with van der Waals surface area (Å²) in [4.78, 5) is 2.34. The molecule has 0 amide bonds. The molecule has 0 N–H and O–H groups in total. The summed E-state index contributed by atoms with van der Waals surface area (Å²) < 4.78 is 7.46. The molecule has 0 spiro atoms. The van der Waals surface area contributed by atoms with Gasteiger partial charge >= 0.3 is 0 Å². The van der Waals surface area contributed by atoms with E-state index in [4.69, 9.17) is 27.9 Å². The van der Waals surface area contributed by atoms with Gasteiger partial charge in [-0.2, -0.15) is 5.10 Å². The Kier molecular flexibility index (Phi) is 6.74. The summed E-state index contributed by atoms with van der Waals surface area (Å²) in [5.41, 5.74) is 3.83. The first-order chi connectivity index (χ1) is 10.6. The van der Waals surface area contributed by atoms with Crippen molar-refractivity contribution in [2.24, 2.45) is 0 Å². The highest BCUT2D eigenvalue weighted by Gasteiger charge is 2.17. The lowest BCUT2D eigenvalue weighted by Crippen LogP contribution is -2.20. The van der Waals surface area contributed by atoms with Gasteiger partial charge in [0.25, 0.3) is 0 Å². The molecule has 2 heterocycles. The van der Waals surface area contributed by atoms with Crippen molar-refractivity contribution in [3.63, 3.8) is 0 Å². The van der Waals surface area contributed by atoms with Gasteiger partial charge in [-0.25, -0.2) is 4.68 Å². The maximum atomic E-state index is 6.38. The molecule has 2 aromatic rings. The summed E-state index contributed by atoms with van der Waals surface area (Å²) in [6.07, 6.45) is 5.36. The minimum Gasteiger partial charge on any atom is -0.355 e. The third-order valence-corrected chi connectivity index (χ3v) is 4.59. The standard InChI is InChI=1S/C16H19Cl2N3O.ClH/c1-20-6-4-14-12(2-3-16(18)15(14)5-7-20)10-22-11-21-9-13(17)8-19-21;/h2-3,8-9H,4-7,10-11H2,1H3;1H. The fraction of sp³-hybridized carbons (Fsp3) is 0.438. The van der Waals surface area contributed by atoms with E-state index in [2.05, 4.69) is 23.1 Å². The zero-order valence-electron chi connectivity index (χ0n) is 13.0. The molecule has 0 unspecified atom stereocenters. The van der Waals surface area contributed by atoms with Crippen molar-refractivity contribution in [3.05, 3.63) is 51.3 Å². The van der Waals surface area contributed by atoms with Crippen LogP contribution in [0.5, 0.6) is 0 Å². The molecule has 1 aliphatic heterocycles. The van der Waals surface area contributed by atoms with Gasteiger partial charge in [-0.15, -0.1) is 12.4 Å². The van der Waals surface area contributed by atoms with E-state index >= 15 is 0 Å². The van der Waals surface area contributed by atoms with Gasteiger partial charge in [-0.3, -0.25) is 0 Å². The monoisotopic (exact) mass is 375 g/mol. The molecular weight excluding hydrogens is 357 g/mol. The third kappa shape index (κ3) is 4.61. The van der Waals surface area contributed by atoms with Crippen LogP contribution in [-0.2, 0) is 30.9 Å². The molecule has 0 saturated carbocycles. The second-order valence-electron chi connectivity index (χ2n) is 5.64. The Morgan fingerprint density at radius 2 is 1.91 bits per heavy atom. The number of rotatable bonds is 4. The van der Waals surface area contributed by atoms with Gasteiger partial charge in [0.2, 0.25) is 0 Å². The van der Waals surface area contributed by atoms with Gasteiger partial charge in [-0.05, 0) is 42.6 Å². The predicted octanol–water partition coefficient (Wildman–Crippen LogP) is 3.82. The molecule has 4 nitrogen and oxygen atoms in total. The molecule has 0 fully saturated rings. The van der Waals surface area contributed by atoms with E-state index in [0.29, 0.717) is 18.4 Å². The van der Waals surface area contributed by atoms with Crippen LogP contribution < -0.4 is 0 Å². The van der Waals surface area contributed by atoms with Crippen LogP contribution in [-0.4, -0.2) is 34.8 Å². The molecular formula is C16H20Cl3N3O. The van der Waals surface area contributed by atoms with Gasteiger partial charge in [0.05, 0.1) is 17.8 Å². The maximum Gasteiger partial charge on any atom is 0.139 e. The van der Waals surface area contributed by atoms with E-state index in [0.717, 1.165) is 31.0 Å². The van der Waals surface area contributed by atoms with Crippen LogP contribution in [0.4, 0.5) is 0 Å². The average Bonchev–Trinajstić information content (AvgIpc) is 2.80. The Hall–Kier alpha value is -0.780. The molecule has 3 rings (SSSR count). The lowest BCUT2D eigenvalue weighted by atomic mass is 9.97. The summed E-state index contributed by atoms with van der Waals surface area (Å²) in [7, 11) is 2.15. The quantitative estimate of drug-likeness (QED) is 0.812. The largest absolute Gasteiger partial charge is 0.355 e. The van der Waals surface area contributed by atoms with E-state index in [-0.39, 0.29) is 12.4 Å². The number of ether oxygens (including phenoxy) is 1. The zero-order chi connectivity index (χ0) is 15.5. The van der Waals surface area contributed by atoms with Crippen LogP contribution in [0.2, 0.25) is 10.0 Å². The van der Waals surface area contributed by atoms with E-state index in [1.54, 1.807) is 17.1 Å². The van der Waals surface area contributed by atoms with Crippen molar-refractivity contribution in [1.29, 1.82) is 0 Å². The fourth-order valence-electron chi connectivity index (χ4n) is 2.81. The van der Waals surface area contributed by atoms with Crippen molar-refractivity contribution in [3.8, 4) is 0 Å². The second kappa shape index (κ2) is 8.36. The SMILES string of the molecule is CN1CCc2c(Cl)ccc(COCn3cc(Cl)cn3)c2CC1.Cl. The summed E-state index contributed by atoms with van der Waals surface area (Å²) in [5.74, 6) is 0. The first kappa shape index (κ1) is 18.6. The average molecular weight is 377 g/mol. The number of fused-ring (bicyclic) bond motifs is 1. The summed E-state index contributed by atoms with van der Waals surface area (Å²) >= 11 is 12.2. The van der Waals surface area contributed by atoms with Crippen LogP contribution >= 0.6 is 35.6 Å². The van der Waals surface area contributed by atoms with E-state index in [9.17, 15) is 0 Å². The molecule has 0 bridgehead atoms. The van der Waals surface area contributed by atoms with Crippen molar-refractivity contribution in [2.45, 2.75) is 26.2 Å². The lowest BCUT2D eigenvalue weighted by Gasteiger charge is -2.14. The summed E-state index contributed by atoms with van der Waals surface area (Å²) in [5, 5.41) is 5.59. The molecule has 126 valence electrons. The number of hydrogen-bond acceptors (Lipinski definition) is 3. The first-order valence-electron chi connectivity index (χ1n) is 7.37. The van der Waals surface area contributed by atoms with Crippen molar-refractivity contribution in [1.82, 2.24) is 14.7 Å². The number of halogens is 3. The topological polar surface area (TPSA) is 30.3 Å². The van der Waals surface area contributed by atoms with Gasteiger partial charge < -0.3 is 9.64 Å². The summed E-state index contributed by atoms with van der Waals surface area (Å²) in [6.45, 7) is 3.04. The molecule has 1 aliphatic rings. The van der Waals surface area contributed by atoms with Crippen molar-refractivity contribution in [2.75, 3.05) is 20.1 Å². The van der Waals surface area contributed by atoms with Gasteiger partial charge in [0.1, 0.15) is 6.73 Å². The van der Waals surface area contributed by atoms with Crippen LogP contribution in [0.15, 0.2) is 24.5 Å². The predicted molar refractivity (Wildman–Crippen MR) is 95.6 cm³/mol. The first-order valence-corrected chi connectivity index (χ1v) is 8.12. The number of benzene rings is 1. The smallest absolute Gasteiger partial charge is 0.139 e. The highest BCUT2D eigenvalue weighted by molar-refractivity contribution is 6.31. The second-order valence-corrected chi connectivity index (χ2v) is 6.49. The molecule has 1 aromatic heterocycles.